The number of amides is 1. The van der Waals surface area contributed by atoms with Crippen molar-refractivity contribution >= 4 is 5.91 Å². The third kappa shape index (κ3) is 4.29. The molecule has 5 heteroatoms. The highest BCUT2D eigenvalue weighted by atomic mass is 16.2. The number of nitrogens with zero attached hydrogens (tertiary/aromatic N) is 2. The molecule has 21 heavy (non-hydrogen) atoms. The number of carbonyl (C=O) groups excluding carboxylic acids is 1. The summed E-state index contributed by atoms with van der Waals surface area (Å²) >= 11 is 0. The van der Waals surface area contributed by atoms with Gasteiger partial charge in [0.25, 0.3) is 5.91 Å². The molecule has 5 nitrogen and oxygen atoms in total. The van der Waals surface area contributed by atoms with Crippen LogP contribution < -0.4 is 5.32 Å². The number of carbonyl (C=O) groups is 1. The molecule has 2 N–H and O–H groups in total. The highest BCUT2D eigenvalue weighted by Gasteiger charge is 2.23. The fraction of sp³-hybridized carbons (Fsp3) is 0.812. The van der Waals surface area contributed by atoms with E-state index < -0.39 is 0 Å². The van der Waals surface area contributed by atoms with Gasteiger partial charge < -0.3 is 5.32 Å². The van der Waals surface area contributed by atoms with Crippen molar-refractivity contribution in [2.24, 2.45) is 11.8 Å². The lowest BCUT2D eigenvalue weighted by atomic mass is 9.81. The van der Waals surface area contributed by atoms with Crippen molar-refractivity contribution in [2.45, 2.75) is 65.2 Å². The van der Waals surface area contributed by atoms with Gasteiger partial charge in [0.05, 0.1) is 0 Å². The predicted molar refractivity (Wildman–Crippen MR) is 83.2 cm³/mol. The van der Waals surface area contributed by atoms with Gasteiger partial charge in [-0.2, -0.15) is 0 Å². The van der Waals surface area contributed by atoms with E-state index in [0.29, 0.717) is 5.92 Å². The SMILES string of the molecule is CCC1CCC(CNC(=O)c2n[nH]c(C(C)(C)C)n2)CC1. The molecule has 1 aromatic heterocycles. The number of aromatic amines is 1. The number of nitrogens with one attached hydrogen (secondary N) is 2. The Hall–Kier alpha value is -1.39. The molecule has 1 aliphatic carbocycles. The fourth-order valence-corrected chi connectivity index (χ4v) is 2.86. The van der Waals surface area contributed by atoms with Crippen molar-refractivity contribution in [3.63, 3.8) is 0 Å². The molecule has 1 aliphatic rings. The number of hydrogen-bond acceptors (Lipinski definition) is 3. The maximum atomic E-state index is 12.1. The Bertz CT molecular complexity index is 467. The lowest BCUT2D eigenvalue weighted by molar-refractivity contribution is 0.0931. The maximum Gasteiger partial charge on any atom is 0.290 e. The van der Waals surface area contributed by atoms with E-state index in [2.05, 4.69) is 27.4 Å². The van der Waals surface area contributed by atoms with Gasteiger partial charge in [-0.15, -0.1) is 5.10 Å². The van der Waals surface area contributed by atoms with Crippen LogP contribution in [0.1, 0.15) is 76.2 Å². The summed E-state index contributed by atoms with van der Waals surface area (Å²) in [6.45, 7) is 9.14. The molecule has 1 fully saturated rings. The minimum Gasteiger partial charge on any atom is -0.349 e. The quantitative estimate of drug-likeness (QED) is 0.896. The van der Waals surface area contributed by atoms with Gasteiger partial charge in [0.2, 0.25) is 5.82 Å². The van der Waals surface area contributed by atoms with Gasteiger partial charge in [-0.05, 0) is 24.7 Å². The Morgan fingerprint density at radius 3 is 2.38 bits per heavy atom. The average Bonchev–Trinajstić information content (AvgIpc) is 2.95. The Morgan fingerprint density at radius 1 is 1.24 bits per heavy atom. The molecule has 1 heterocycles. The highest BCUT2D eigenvalue weighted by Crippen LogP contribution is 2.30. The standard InChI is InChI=1S/C16H28N4O/c1-5-11-6-8-12(9-7-11)10-17-14(21)13-18-15(20-19-13)16(2,3)4/h11-12H,5-10H2,1-4H3,(H,17,21)(H,18,19,20). The Labute approximate surface area is 127 Å². The molecular formula is C16H28N4O. The molecular weight excluding hydrogens is 264 g/mol. The molecule has 0 bridgehead atoms. The Morgan fingerprint density at radius 2 is 1.86 bits per heavy atom. The summed E-state index contributed by atoms with van der Waals surface area (Å²) in [4.78, 5) is 16.4. The third-order valence-electron chi connectivity index (χ3n) is 4.49. The second kappa shape index (κ2) is 6.58. The monoisotopic (exact) mass is 292 g/mol. The molecule has 0 atom stereocenters. The van der Waals surface area contributed by atoms with Crippen LogP contribution in [0.5, 0.6) is 0 Å². The van der Waals surface area contributed by atoms with Gasteiger partial charge >= 0.3 is 0 Å². The van der Waals surface area contributed by atoms with Crippen molar-refractivity contribution in [2.75, 3.05) is 6.54 Å². The van der Waals surface area contributed by atoms with Gasteiger partial charge in [0, 0.05) is 12.0 Å². The van der Waals surface area contributed by atoms with E-state index in [-0.39, 0.29) is 17.1 Å². The van der Waals surface area contributed by atoms with E-state index in [1.54, 1.807) is 0 Å². The first kappa shape index (κ1) is 16.0. The third-order valence-corrected chi connectivity index (χ3v) is 4.49. The molecule has 0 unspecified atom stereocenters. The van der Waals surface area contributed by atoms with E-state index in [4.69, 9.17) is 0 Å². The molecule has 0 radical (unpaired) electrons. The molecule has 1 saturated carbocycles. The molecule has 0 saturated heterocycles. The molecule has 1 amide bonds. The summed E-state index contributed by atoms with van der Waals surface area (Å²) in [6.07, 6.45) is 6.32. The van der Waals surface area contributed by atoms with Crippen LogP contribution in [0.2, 0.25) is 0 Å². The number of aromatic nitrogens is 3. The first-order chi connectivity index (χ1) is 9.90. The van der Waals surface area contributed by atoms with Crippen LogP contribution in [0.4, 0.5) is 0 Å². The smallest absolute Gasteiger partial charge is 0.290 e. The molecule has 118 valence electrons. The fourth-order valence-electron chi connectivity index (χ4n) is 2.86. The highest BCUT2D eigenvalue weighted by molar-refractivity contribution is 5.90. The normalized spacial score (nSPS) is 23.0. The second-order valence-electron chi connectivity index (χ2n) is 7.26. The summed E-state index contributed by atoms with van der Waals surface area (Å²) in [7, 11) is 0. The molecule has 2 rings (SSSR count). The lowest BCUT2D eigenvalue weighted by Gasteiger charge is -2.27. The molecule has 0 spiro atoms. The van der Waals surface area contributed by atoms with E-state index in [9.17, 15) is 4.79 Å². The van der Waals surface area contributed by atoms with Crippen LogP contribution in [0.3, 0.4) is 0 Å². The number of H-pyrrole nitrogens is 1. The predicted octanol–water partition coefficient (Wildman–Crippen LogP) is 3.05. The van der Waals surface area contributed by atoms with Crippen LogP contribution in [-0.4, -0.2) is 27.6 Å². The molecule has 0 aromatic carbocycles. The summed E-state index contributed by atoms with van der Waals surface area (Å²) in [5.74, 6) is 2.33. The van der Waals surface area contributed by atoms with E-state index in [1.165, 1.54) is 32.1 Å². The molecule has 0 aliphatic heterocycles. The maximum absolute atomic E-state index is 12.1. The zero-order valence-corrected chi connectivity index (χ0v) is 13.7. The Kier molecular flexibility index (Phi) is 5.01. The minimum absolute atomic E-state index is 0.121. The summed E-state index contributed by atoms with van der Waals surface area (Å²) in [6, 6.07) is 0. The number of hydrogen-bond donors (Lipinski definition) is 2. The van der Waals surface area contributed by atoms with E-state index in [0.717, 1.165) is 18.3 Å². The van der Waals surface area contributed by atoms with Crippen LogP contribution in [-0.2, 0) is 5.41 Å². The Balaban J connectivity index is 1.81. The van der Waals surface area contributed by atoms with Crippen LogP contribution >= 0.6 is 0 Å². The van der Waals surface area contributed by atoms with E-state index in [1.807, 2.05) is 20.8 Å². The summed E-state index contributed by atoms with van der Waals surface area (Å²) < 4.78 is 0. The first-order valence-electron chi connectivity index (χ1n) is 8.11. The van der Waals surface area contributed by atoms with Gasteiger partial charge in [0.15, 0.2) is 0 Å². The number of rotatable bonds is 4. The van der Waals surface area contributed by atoms with Crippen molar-refractivity contribution in [3.8, 4) is 0 Å². The van der Waals surface area contributed by atoms with Gasteiger partial charge in [-0.1, -0.05) is 47.0 Å². The van der Waals surface area contributed by atoms with E-state index >= 15 is 0 Å². The first-order valence-corrected chi connectivity index (χ1v) is 8.11. The zero-order valence-electron chi connectivity index (χ0n) is 13.7. The zero-order chi connectivity index (χ0) is 15.5. The lowest BCUT2D eigenvalue weighted by Crippen LogP contribution is -2.32. The van der Waals surface area contributed by atoms with Crippen LogP contribution in [0.25, 0.3) is 0 Å². The topological polar surface area (TPSA) is 70.7 Å². The van der Waals surface area contributed by atoms with Crippen molar-refractivity contribution < 1.29 is 4.79 Å². The minimum atomic E-state index is -0.167. The second-order valence-corrected chi connectivity index (χ2v) is 7.26. The molecule has 1 aromatic rings. The van der Waals surface area contributed by atoms with Crippen molar-refractivity contribution in [1.82, 2.24) is 20.5 Å². The van der Waals surface area contributed by atoms with Crippen molar-refractivity contribution in [1.29, 1.82) is 0 Å². The summed E-state index contributed by atoms with van der Waals surface area (Å²) in [5, 5.41) is 9.86. The van der Waals surface area contributed by atoms with Gasteiger partial charge in [-0.3, -0.25) is 9.89 Å². The van der Waals surface area contributed by atoms with Gasteiger partial charge in [0.1, 0.15) is 5.82 Å². The largest absolute Gasteiger partial charge is 0.349 e. The van der Waals surface area contributed by atoms with Crippen LogP contribution in [0.15, 0.2) is 0 Å². The van der Waals surface area contributed by atoms with Gasteiger partial charge in [-0.25, -0.2) is 4.98 Å². The summed E-state index contributed by atoms with van der Waals surface area (Å²) in [5.41, 5.74) is -0.121. The van der Waals surface area contributed by atoms with Crippen LogP contribution in [0, 0.1) is 11.8 Å². The average molecular weight is 292 g/mol. The van der Waals surface area contributed by atoms with Crippen molar-refractivity contribution in [3.05, 3.63) is 11.6 Å².